The summed E-state index contributed by atoms with van der Waals surface area (Å²) in [6.07, 6.45) is 0.791. The standard InChI is InChI=1S/C23H30Cl3NO2/c1-9-12(2)27-20(25)16(17(24)21(27)26)18(28)13-10-14(22(3,4)5)19(29)15(11-13)23(6,7)8/h10-12,29H,9H2,1-8H3. The first-order valence-electron chi connectivity index (χ1n) is 9.80. The van der Waals surface area contributed by atoms with E-state index in [2.05, 4.69) is 0 Å². The van der Waals surface area contributed by atoms with Crippen molar-refractivity contribution in [1.29, 1.82) is 0 Å². The minimum atomic E-state index is -0.353. The number of nitrogens with zero attached hydrogens (tertiary/aromatic N) is 1. The quantitative estimate of drug-likeness (QED) is 0.472. The molecule has 6 heteroatoms. The van der Waals surface area contributed by atoms with Crippen LogP contribution in [0.25, 0.3) is 0 Å². The number of phenolic OH excluding ortho intramolecular Hbond substituents is 1. The van der Waals surface area contributed by atoms with Gasteiger partial charge in [-0.25, -0.2) is 0 Å². The topological polar surface area (TPSA) is 42.2 Å². The zero-order valence-electron chi connectivity index (χ0n) is 18.4. The molecule has 0 aliphatic rings. The first kappa shape index (κ1) is 24.1. The number of phenols is 1. The molecule has 0 saturated carbocycles. The lowest BCUT2D eigenvalue weighted by molar-refractivity contribution is 0.103. The molecule has 2 rings (SSSR count). The van der Waals surface area contributed by atoms with Crippen LogP contribution in [0, 0.1) is 0 Å². The third-order valence-corrected chi connectivity index (χ3v) is 6.48. The van der Waals surface area contributed by atoms with E-state index in [1.54, 1.807) is 16.7 Å². The summed E-state index contributed by atoms with van der Waals surface area (Å²) in [5.74, 6) is -0.0890. The van der Waals surface area contributed by atoms with Crippen LogP contribution < -0.4 is 0 Å². The number of aromatic nitrogens is 1. The van der Waals surface area contributed by atoms with Crippen LogP contribution >= 0.6 is 34.8 Å². The summed E-state index contributed by atoms with van der Waals surface area (Å²) in [4.78, 5) is 13.5. The molecule has 160 valence electrons. The van der Waals surface area contributed by atoms with Crippen LogP contribution in [0.2, 0.25) is 15.3 Å². The van der Waals surface area contributed by atoms with E-state index in [9.17, 15) is 9.90 Å². The van der Waals surface area contributed by atoms with Gasteiger partial charge in [0.15, 0.2) is 5.78 Å². The van der Waals surface area contributed by atoms with E-state index in [1.807, 2.05) is 55.4 Å². The summed E-state index contributed by atoms with van der Waals surface area (Å²) in [5.41, 5.74) is 1.33. The largest absolute Gasteiger partial charge is 0.507 e. The summed E-state index contributed by atoms with van der Waals surface area (Å²) in [6, 6.07) is 3.46. The number of hydrogen-bond acceptors (Lipinski definition) is 2. The summed E-state index contributed by atoms with van der Waals surface area (Å²) in [5, 5.41) is 11.6. The molecule has 0 saturated heterocycles. The predicted octanol–water partition coefficient (Wildman–Crippen LogP) is 7.95. The fraction of sp³-hybridized carbons (Fsp3) is 0.522. The summed E-state index contributed by atoms with van der Waals surface area (Å²) >= 11 is 19.4. The molecular weight excluding hydrogens is 429 g/mol. The second-order valence-corrected chi connectivity index (χ2v) is 10.7. The van der Waals surface area contributed by atoms with E-state index in [0.29, 0.717) is 16.7 Å². The van der Waals surface area contributed by atoms with E-state index in [4.69, 9.17) is 34.8 Å². The molecule has 1 aromatic carbocycles. The predicted molar refractivity (Wildman–Crippen MR) is 123 cm³/mol. The highest BCUT2D eigenvalue weighted by molar-refractivity contribution is 6.47. The van der Waals surface area contributed by atoms with Crippen molar-refractivity contribution in [3.05, 3.63) is 49.7 Å². The first-order valence-corrected chi connectivity index (χ1v) is 10.9. The SMILES string of the molecule is CCC(C)n1c(Cl)c(Cl)c(C(=O)c2cc(C(C)(C)C)c(O)c(C(C)(C)C)c2)c1Cl. The van der Waals surface area contributed by atoms with E-state index in [1.165, 1.54) is 0 Å². The molecule has 0 aliphatic heterocycles. The van der Waals surface area contributed by atoms with Gasteiger partial charge < -0.3 is 9.67 Å². The number of rotatable bonds is 4. The Morgan fingerprint density at radius 2 is 1.45 bits per heavy atom. The van der Waals surface area contributed by atoms with Crippen molar-refractivity contribution in [1.82, 2.24) is 4.57 Å². The van der Waals surface area contributed by atoms with Crippen molar-refractivity contribution in [2.24, 2.45) is 0 Å². The zero-order valence-corrected chi connectivity index (χ0v) is 20.6. The van der Waals surface area contributed by atoms with Crippen molar-refractivity contribution < 1.29 is 9.90 Å². The summed E-state index contributed by atoms with van der Waals surface area (Å²) < 4.78 is 1.69. The Morgan fingerprint density at radius 1 is 1.00 bits per heavy atom. The Labute approximate surface area is 189 Å². The minimum absolute atomic E-state index is 0.00383. The number of ketones is 1. The molecule has 0 radical (unpaired) electrons. The monoisotopic (exact) mass is 457 g/mol. The average molecular weight is 459 g/mol. The average Bonchev–Trinajstić information content (AvgIpc) is 2.81. The molecule has 29 heavy (non-hydrogen) atoms. The third kappa shape index (κ3) is 4.47. The number of benzene rings is 1. The van der Waals surface area contributed by atoms with Crippen molar-refractivity contribution >= 4 is 40.6 Å². The molecule has 3 nitrogen and oxygen atoms in total. The molecule has 0 aliphatic carbocycles. The van der Waals surface area contributed by atoms with Crippen LogP contribution in [-0.2, 0) is 10.8 Å². The van der Waals surface area contributed by atoms with E-state index in [0.717, 1.165) is 6.42 Å². The van der Waals surface area contributed by atoms with Gasteiger partial charge in [0.2, 0.25) is 0 Å². The lowest BCUT2D eigenvalue weighted by Gasteiger charge is -2.28. The van der Waals surface area contributed by atoms with Gasteiger partial charge in [-0.15, -0.1) is 0 Å². The maximum Gasteiger partial charge on any atom is 0.197 e. The number of halogens is 3. The van der Waals surface area contributed by atoms with Crippen molar-refractivity contribution in [3.63, 3.8) is 0 Å². The molecular formula is C23H30Cl3NO2. The molecule has 0 amide bonds. The number of carbonyl (C=O) groups excluding carboxylic acids is 1. The third-order valence-electron chi connectivity index (χ3n) is 5.28. The van der Waals surface area contributed by atoms with Crippen LogP contribution in [-0.4, -0.2) is 15.5 Å². The van der Waals surface area contributed by atoms with Crippen LogP contribution in [0.1, 0.15) is 94.9 Å². The van der Waals surface area contributed by atoms with Gasteiger partial charge in [-0.1, -0.05) is 83.3 Å². The molecule has 1 aromatic heterocycles. The maximum absolute atomic E-state index is 13.5. The smallest absolute Gasteiger partial charge is 0.197 e. The fourth-order valence-corrected chi connectivity index (χ4v) is 4.46. The van der Waals surface area contributed by atoms with E-state index < -0.39 is 0 Å². The lowest BCUT2D eigenvalue weighted by Crippen LogP contribution is -2.19. The number of hydrogen-bond donors (Lipinski definition) is 1. The highest BCUT2D eigenvalue weighted by Gasteiger charge is 2.31. The maximum atomic E-state index is 13.5. The van der Waals surface area contributed by atoms with Gasteiger partial charge in [-0.05, 0) is 36.3 Å². The summed E-state index contributed by atoms with van der Waals surface area (Å²) in [7, 11) is 0. The Kier molecular flexibility index (Phi) is 6.79. The Morgan fingerprint density at radius 3 is 1.83 bits per heavy atom. The van der Waals surface area contributed by atoms with Gasteiger partial charge in [0.05, 0.1) is 10.6 Å². The highest BCUT2D eigenvalue weighted by Crippen LogP contribution is 2.43. The van der Waals surface area contributed by atoms with Gasteiger partial charge in [-0.3, -0.25) is 4.79 Å². The van der Waals surface area contributed by atoms with Crippen LogP contribution in [0.5, 0.6) is 5.75 Å². The molecule has 1 atom stereocenters. The Bertz CT molecular complexity index is 911. The van der Waals surface area contributed by atoms with Gasteiger partial charge in [-0.2, -0.15) is 0 Å². The second kappa shape index (κ2) is 8.17. The van der Waals surface area contributed by atoms with Crippen molar-refractivity contribution in [2.45, 2.75) is 78.7 Å². The van der Waals surface area contributed by atoms with Gasteiger partial charge >= 0.3 is 0 Å². The van der Waals surface area contributed by atoms with Gasteiger partial charge in [0.25, 0.3) is 0 Å². The van der Waals surface area contributed by atoms with Crippen LogP contribution in [0.15, 0.2) is 12.1 Å². The molecule has 1 unspecified atom stereocenters. The number of carbonyl (C=O) groups is 1. The molecule has 1 N–H and O–H groups in total. The van der Waals surface area contributed by atoms with Crippen LogP contribution in [0.4, 0.5) is 0 Å². The minimum Gasteiger partial charge on any atom is -0.507 e. The normalized spacial score (nSPS) is 13.6. The summed E-state index contributed by atoms with van der Waals surface area (Å²) in [6.45, 7) is 16.0. The Hall–Kier alpha value is -1.16. The van der Waals surface area contributed by atoms with E-state index in [-0.39, 0.29) is 49.3 Å². The lowest BCUT2D eigenvalue weighted by atomic mass is 9.78. The fourth-order valence-electron chi connectivity index (χ4n) is 3.32. The zero-order chi connectivity index (χ0) is 22.5. The van der Waals surface area contributed by atoms with Crippen molar-refractivity contribution in [3.8, 4) is 5.75 Å². The molecule has 2 aromatic rings. The Balaban J connectivity index is 2.78. The van der Waals surface area contributed by atoms with E-state index >= 15 is 0 Å². The van der Waals surface area contributed by atoms with Crippen molar-refractivity contribution in [2.75, 3.05) is 0 Å². The van der Waals surface area contributed by atoms with Gasteiger partial charge in [0, 0.05) is 22.7 Å². The van der Waals surface area contributed by atoms with Gasteiger partial charge in [0.1, 0.15) is 16.1 Å². The molecule has 0 spiro atoms. The first-order chi connectivity index (χ1) is 13.1. The van der Waals surface area contributed by atoms with Crippen LogP contribution in [0.3, 0.4) is 0 Å². The molecule has 0 bridgehead atoms. The molecule has 0 fully saturated rings. The highest BCUT2D eigenvalue weighted by atomic mass is 35.5. The second-order valence-electron chi connectivity index (χ2n) is 9.65. The number of aromatic hydroxyl groups is 1. The molecule has 1 heterocycles.